The number of hydrogen-bond donors (Lipinski definition) is 3. The van der Waals surface area contributed by atoms with Crippen LogP contribution in [0.25, 0.3) is 11.3 Å². The molecule has 146 valence electrons. The number of benzene rings is 1. The fourth-order valence-electron chi connectivity index (χ4n) is 3.47. The molecule has 3 heterocycles. The fourth-order valence-corrected chi connectivity index (χ4v) is 3.47. The summed E-state index contributed by atoms with van der Waals surface area (Å²) in [5.41, 5.74) is 7.79. The predicted molar refractivity (Wildman–Crippen MR) is 112 cm³/mol. The van der Waals surface area contributed by atoms with Gasteiger partial charge in [0.15, 0.2) is 5.82 Å². The molecule has 3 aromatic rings. The third kappa shape index (κ3) is 3.45. The predicted octanol–water partition coefficient (Wildman–Crippen LogP) is 2.74. The third-order valence-electron chi connectivity index (χ3n) is 5.35. The van der Waals surface area contributed by atoms with Crippen LogP contribution in [0.15, 0.2) is 29.3 Å². The van der Waals surface area contributed by atoms with Crippen molar-refractivity contribution in [2.24, 2.45) is 12.0 Å². The SMILES string of the molecule is CCN=c1cc(-c2ccc3c(c2)CNCC3)nc(Nc2n[nH]c(C)c2C)n1C. The van der Waals surface area contributed by atoms with Crippen molar-refractivity contribution in [2.45, 2.75) is 33.7 Å². The molecule has 0 amide bonds. The minimum absolute atomic E-state index is 0.714. The number of hydrogen-bond acceptors (Lipinski definition) is 5. The standard InChI is InChI=1S/C21H27N7/c1-5-23-19-11-18(16-7-6-15-8-9-22-12-17(15)10-16)24-21(28(19)4)25-20-13(2)14(3)26-27-20/h6-7,10-11,22H,5,8-9,12H2,1-4H3,(H2,24,25,26,27). The molecule has 3 N–H and O–H groups in total. The molecule has 7 nitrogen and oxygen atoms in total. The topological polar surface area (TPSA) is 82.9 Å². The highest BCUT2D eigenvalue weighted by molar-refractivity contribution is 5.64. The molecule has 0 saturated heterocycles. The van der Waals surface area contributed by atoms with Crippen LogP contribution in [0.2, 0.25) is 0 Å². The van der Waals surface area contributed by atoms with Gasteiger partial charge in [0.1, 0.15) is 5.49 Å². The molecule has 0 aliphatic carbocycles. The van der Waals surface area contributed by atoms with Gasteiger partial charge < -0.3 is 10.6 Å². The van der Waals surface area contributed by atoms with Crippen LogP contribution in [0.3, 0.4) is 0 Å². The van der Waals surface area contributed by atoms with Crippen molar-refractivity contribution in [3.8, 4) is 11.3 Å². The van der Waals surface area contributed by atoms with E-state index in [4.69, 9.17) is 4.98 Å². The van der Waals surface area contributed by atoms with Gasteiger partial charge in [-0.1, -0.05) is 12.1 Å². The lowest BCUT2D eigenvalue weighted by atomic mass is 9.97. The quantitative estimate of drug-likeness (QED) is 0.653. The maximum absolute atomic E-state index is 4.90. The van der Waals surface area contributed by atoms with E-state index in [2.05, 4.69) is 50.1 Å². The Balaban J connectivity index is 1.80. The largest absolute Gasteiger partial charge is 0.312 e. The normalized spacial score (nSPS) is 14.2. The number of nitrogens with one attached hydrogen (secondary N) is 3. The molecule has 0 bridgehead atoms. The summed E-state index contributed by atoms with van der Waals surface area (Å²) in [6.07, 6.45) is 1.08. The maximum Gasteiger partial charge on any atom is 0.210 e. The molecule has 0 spiro atoms. The van der Waals surface area contributed by atoms with Crippen LogP contribution in [0, 0.1) is 13.8 Å². The highest BCUT2D eigenvalue weighted by Gasteiger charge is 2.14. The molecule has 0 radical (unpaired) electrons. The number of aromatic amines is 1. The molecule has 0 saturated carbocycles. The zero-order valence-electron chi connectivity index (χ0n) is 16.9. The second-order valence-electron chi connectivity index (χ2n) is 7.21. The summed E-state index contributed by atoms with van der Waals surface area (Å²) in [5.74, 6) is 1.50. The molecule has 0 fully saturated rings. The van der Waals surface area contributed by atoms with Crippen LogP contribution in [0.4, 0.5) is 11.8 Å². The summed E-state index contributed by atoms with van der Waals surface area (Å²) < 4.78 is 1.97. The maximum atomic E-state index is 4.90. The molecule has 4 rings (SSSR count). The van der Waals surface area contributed by atoms with E-state index in [9.17, 15) is 0 Å². The van der Waals surface area contributed by atoms with Crippen LogP contribution >= 0.6 is 0 Å². The van der Waals surface area contributed by atoms with Gasteiger partial charge >= 0.3 is 0 Å². The van der Waals surface area contributed by atoms with Crippen molar-refractivity contribution in [1.29, 1.82) is 0 Å². The molecule has 28 heavy (non-hydrogen) atoms. The minimum Gasteiger partial charge on any atom is -0.312 e. The van der Waals surface area contributed by atoms with Crippen molar-refractivity contribution < 1.29 is 0 Å². The molecule has 0 unspecified atom stereocenters. The van der Waals surface area contributed by atoms with Gasteiger partial charge in [-0.2, -0.15) is 5.10 Å². The molecular weight excluding hydrogens is 350 g/mol. The van der Waals surface area contributed by atoms with Crippen LogP contribution in [0.1, 0.15) is 29.3 Å². The first kappa shape index (κ1) is 18.4. The Hall–Kier alpha value is -2.93. The van der Waals surface area contributed by atoms with E-state index in [-0.39, 0.29) is 0 Å². The summed E-state index contributed by atoms with van der Waals surface area (Å²) in [7, 11) is 1.97. The molecule has 1 aliphatic rings. The van der Waals surface area contributed by atoms with E-state index in [1.54, 1.807) is 0 Å². The van der Waals surface area contributed by atoms with E-state index in [1.807, 2.05) is 32.4 Å². The Morgan fingerprint density at radius 3 is 2.82 bits per heavy atom. The fraction of sp³-hybridized carbons (Fsp3) is 0.381. The monoisotopic (exact) mass is 377 g/mol. The van der Waals surface area contributed by atoms with Crippen LogP contribution < -0.4 is 16.1 Å². The van der Waals surface area contributed by atoms with Gasteiger partial charge in [0, 0.05) is 43.0 Å². The van der Waals surface area contributed by atoms with Crippen molar-refractivity contribution in [2.75, 3.05) is 18.4 Å². The molecule has 1 aliphatic heterocycles. The average Bonchev–Trinajstić information content (AvgIpc) is 3.02. The third-order valence-corrected chi connectivity index (χ3v) is 5.35. The van der Waals surface area contributed by atoms with Gasteiger partial charge in [0.2, 0.25) is 5.95 Å². The van der Waals surface area contributed by atoms with Crippen molar-refractivity contribution in [3.05, 3.63) is 52.1 Å². The van der Waals surface area contributed by atoms with E-state index in [1.165, 1.54) is 11.1 Å². The summed E-state index contributed by atoms with van der Waals surface area (Å²) in [6.45, 7) is 8.76. The first-order valence-corrected chi connectivity index (χ1v) is 9.77. The number of fused-ring (bicyclic) bond motifs is 1. The Kier molecular flexibility index (Phi) is 5.00. The summed E-state index contributed by atoms with van der Waals surface area (Å²) in [6, 6.07) is 8.68. The summed E-state index contributed by atoms with van der Waals surface area (Å²) in [4.78, 5) is 9.55. The Morgan fingerprint density at radius 2 is 2.07 bits per heavy atom. The molecule has 2 aromatic heterocycles. The number of anilines is 2. The second-order valence-corrected chi connectivity index (χ2v) is 7.21. The number of H-pyrrole nitrogens is 1. The molecule has 7 heteroatoms. The lowest BCUT2D eigenvalue weighted by molar-refractivity contribution is 0.644. The van der Waals surface area contributed by atoms with Gasteiger partial charge in [-0.3, -0.25) is 14.7 Å². The molecule has 1 aromatic carbocycles. The van der Waals surface area contributed by atoms with Crippen molar-refractivity contribution in [3.63, 3.8) is 0 Å². The minimum atomic E-state index is 0.714. The van der Waals surface area contributed by atoms with E-state index in [0.717, 1.165) is 59.3 Å². The van der Waals surface area contributed by atoms with Crippen molar-refractivity contribution >= 4 is 11.8 Å². The van der Waals surface area contributed by atoms with Gasteiger partial charge in [-0.15, -0.1) is 0 Å². The zero-order chi connectivity index (χ0) is 19.7. The van der Waals surface area contributed by atoms with Gasteiger partial charge in [0.05, 0.1) is 5.69 Å². The van der Waals surface area contributed by atoms with Gasteiger partial charge in [0.25, 0.3) is 0 Å². The number of rotatable bonds is 4. The highest BCUT2D eigenvalue weighted by Crippen LogP contribution is 2.24. The Morgan fingerprint density at radius 1 is 1.21 bits per heavy atom. The number of aromatic nitrogens is 4. The lowest BCUT2D eigenvalue weighted by Crippen LogP contribution is -2.24. The Labute approximate surface area is 165 Å². The van der Waals surface area contributed by atoms with Crippen LogP contribution in [0.5, 0.6) is 0 Å². The van der Waals surface area contributed by atoms with Gasteiger partial charge in [-0.05, 0) is 50.9 Å². The highest BCUT2D eigenvalue weighted by atomic mass is 15.3. The molecule has 0 atom stereocenters. The lowest BCUT2D eigenvalue weighted by Gasteiger charge is -2.18. The van der Waals surface area contributed by atoms with E-state index >= 15 is 0 Å². The van der Waals surface area contributed by atoms with Gasteiger partial charge in [-0.25, -0.2) is 4.98 Å². The molecular formula is C21H27N7. The van der Waals surface area contributed by atoms with E-state index in [0.29, 0.717) is 6.54 Å². The first-order valence-electron chi connectivity index (χ1n) is 9.77. The number of nitrogens with zero attached hydrogens (tertiary/aromatic N) is 4. The first-order chi connectivity index (χ1) is 13.6. The van der Waals surface area contributed by atoms with E-state index < -0.39 is 0 Å². The summed E-state index contributed by atoms with van der Waals surface area (Å²) in [5, 5.41) is 14.2. The average molecular weight is 377 g/mol. The van der Waals surface area contributed by atoms with Crippen LogP contribution in [-0.4, -0.2) is 32.8 Å². The smallest absolute Gasteiger partial charge is 0.210 e. The Bertz CT molecular complexity index is 1070. The number of aryl methyl sites for hydroxylation is 1. The zero-order valence-corrected chi connectivity index (χ0v) is 16.9. The summed E-state index contributed by atoms with van der Waals surface area (Å²) >= 11 is 0. The van der Waals surface area contributed by atoms with Crippen molar-refractivity contribution in [1.82, 2.24) is 25.1 Å². The van der Waals surface area contributed by atoms with Crippen LogP contribution in [-0.2, 0) is 20.0 Å². The second kappa shape index (κ2) is 7.59.